The monoisotopic (exact) mass is 306 g/mol. The first-order chi connectivity index (χ1) is 10.5. The van der Waals surface area contributed by atoms with E-state index in [9.17, 15) is 14.4 Å². The molecule has 0 aliphatic rings. The van der Waals surface area contributed by atoms with Gasteiger partial charge in [-0.3, -0.25) is 14.4 Å². The SMILES string of the molecule is C=CC(=O)C(=O)C(=O)C=C.COc1cccc(OC)c1OC. The van der Waals surface area contributed by atoms with E-state index in [4.69, 9.17) is 14.2 Å². The molecule has 0 radical (unpaired) electrons. The normalized spacial score (nSPS) is 8.68. The zero-order valence-corrected chi connectivity index (χ0v) is 12.8. The Labute approximate surface area is 129 Å². The van der Waals surface area contributed by atoms with Crippen molar-refractivity contribution in [3.05, 3.63) is 43.5 Å². The molecule has 22 heavy (non-hydrogen) atoms. The zero-order valence-electron chi connectivity index (χ0n) is 12.8. The quantitative estimate of drug-likeness (QED) is 0.434. The third kappa shape index (κ3) is 5.24. The van der Waals surface area contributed by atoms with Crippen molar-refractivity contribution in [3.63, 3.8) is 0 Å². The topological polar surface area (TPSA) is 78.9 Å². The Morgan fingerprint density at radius 2 is 1.27 bits per heavy atom. The lowest BCUT2D eigenvalue weighted by Gasteiger charge is -2.10. The van der Waals surface area contributed by atoms with Crippen molar-refractivity contribution in [1.29, 1.82) is 0 Å². The highest BCUT2D eigenvalue weighted by atomic mass is 16.5. The van der Waals surface area contributed by atoms with Crippen LogP contribution in [0.2, 0.25) is 0 Å². The summed E-state index contributed by atoms with van der Waals surface area (Å²) in [5.41, 5.74) is 0. The maximum absolute atomic E-state index is 10.5. The van der Waals surface area contributed by atoms with Crippen LogP contribution in [0.1, 0.15) is 0 Å². The molecule has 0 N–H and O–H groups in total. The third-order valence-corrected chi connectivity index (χ3v) is 2.41. The first kappa shape index (κ1) is 19.1. The minimum Gasteiger partial charge on any atom is -0.493 e. The number of ketones is 3. The van der Waals surface area contributed by atoms with Gasteiger partial charge in [0, 0.05) is 0 Å². The average molecular weight is 306 g/mol. The van der Waals surface area contributed by atoms with E-state index in [0.29, 0.717) is 17.2 Å². The predicted molar refractivity (Wildman–Crippen MR) is 81.5 cm³/mol. The maximum Gasteiger partial charge on any atom is 0.272 e. The summed E-state index contributed by atoms with van der Waals surface area (Å²) in [6, 6.07) is 5.49. The molecule has 6 heteroatoms. The van der Waals surface area contributed by atoms with Crippen LogP contribution in [0.4, 0.5) is 0 Å². The van der Waals surface area contributed by atoms with Crippen LogP contribution in [0.3, 0.4) is 0 Å². The third-order valence-electron chi connectivity index (χ3n) is 2.41. The van der Waals surface area contributed by atoms with Crippen molar-refractivity contribution in [2.75, 3.05) is 21.3 Å². The van der Waals surface area contributed by atoms with Crippen LogP contribution in [0.5, 0.6) is 17.2 Å². The van der Waals surface area contributed by atoms with Crippen molar-refractivity contribution in [2.45, 2.75) is 0 Å². The Bertz CT molecular complexity index is 530. The summed E-state index contributed by atoms with van der Waals surface area (Å²) in [5, 5.41) is 0. The molecule has 0 bridgehead atoms. The van der Waals surface area contributed by atoms with Gasteiger partial charge in [-0.25, -0.2) is 0 Å². The van der Waals surface area contributed by atoms with Gasteiger partial charge in [-0.05, 0) is 24.3 Å². The number of para-hydroxylation sites is 1. The van der Waals surface area contributed by atoms with E-state index < -0.39 is 17.3 Å². The van der Waals surface area contributed by atoms with Gasteiger partial charge in [0.1, 0.15) is 0 Å². The molecule has 0 unspecified atom stereocenters. The first-order valence-corrected chi connectivity index (χ1v) is 6.09. The van der Waals surface area contributed by atoms with Crippen LogP contribution in [0.25, 0.3) is 0 Å². The van der Waals surface area contributed by atoms with Crippen molar-refractivity contribution in [1.82, 2.24) is 0 Å². The number of carbonyl (C=O) groups excluding carboxylic acids is 3. The molecule has 6 nitrogen and oxygen atoms in total. The lowest BCUT2D eigenvalue weighted by molar-refractivity contribution is -0.140. The molecule has 0 saturated carbocycles. The molecular formula is C16H18O6. The van der Waals surface area contributed by atoms with Gasteiger partial charge in [0.25, 0.3) is 5.78 Å². The number of allylic oxidation sites excluding steroid dienone is 2. The summed E-state index contributed by atoms with van der Waals surface area (Å²) < 4.78 is 15.3. The van der Waals surface area contributed by atoms with Crippen molar-refractivity contribution >= 4 is 17.3 Å². The van der Waals surface area contributed by atoms with Gasteiger partial charge in [0.15, 0.2) is 11.5 Å². The summed E-state index contributed by atoms with van der Waals surface area (Å²) >= 11 is 0. The highest BCUT2D eigenvalue weighted by molar-refractivity contribution is 6.67. The predicted octanol–water partition coefficient (Wildman–Crippen LogP) is 1.78. The molecule has 0 aliphatic heterocycles. The minimum absolute atomic E-state index is 0.627. The number of rotatable bonds is 7. The van der Waals surface area contributed by atoms with E-state index >= 15 is 0 Å². The number of hydrogen-bond donors (Lipinski definition) is 0. The maximum atomic E-state index is 10.5. The molecule has 1 aromatic carbocycles. The van der Waals surface area contributed by atoms with Crippen LogP contribution in [-0.4, -0.2) is 38.7 Å². The molecule has 0 fully saturated rings. The Balaban J connectivity index is 0.000000409. The van der Waals surface area contributed by atoms with Gasteiger partial charge >= 0.3 is 0 Å². The van der Waals surface area contributed by atoms with Crippen LogP contribution in [0.15, 0.2) is 43.5 Å². The molecule has 118 valence electrons. The fourth-order valence-corrected chi connectivity index (χ4v) is 1.33. The fraction of sp³-hybridized carbons (Fsp3) is 0.188. The van der Waals surface area contributed by atoms with Gasteiger partial charge in [0.05, 0.1) is 21.3 Å². The molecule has 0 atom stereocenters. The minimum atomic E-state index is -1.09. The largest absolute Gasteiger partial charge is 0.493 e. The highest BCUT2D eigenvalue weighted by Gasteiger charge is 2.15. The first-order valence-electron chi connectivity index (χ1n) is 6.09. The Morgan fingerprint density at radius 3 is 1.55 bits per heavy atom. The molecule has 1 rings (SSSR count). The van der Waals surface area contributed by atoms with Crippen LogP contribution >= 0.6 is 0 Å². The van der Waals surface area contributed by atoms with Gasteiger partial charge in [-0.15, -0.1) is 0 Å². The summed E-state index contributed by atoms with van der Waals surface area (Å²) in [4.78, 5) is 31.2. The van der Waals surface area contributed by atoms with Crippen LogP contribution in [0, 0.1) is 0 Å². The molecule has 0 amide bonds. The van der Waals surface area contributed by atoms with Crippen LogP contribution in [-0.2, 0) is 14.4 Å². The molecule has 1 aromatic rings. The molecule has 0 aromatic heterocycles. The van der Waals surface area contributed by atoms with E-state index in [1.165, 1.54) is 0 Å². The number of carbonyl (C=O) groups is 3. The number of Topliss-reactive ketones (excluding diaryl/α,β-unsaturated/α-hetero) is 1. The van der Waals surface area contributed by atoms with E-state index in [2.05, 4.69) is 13.2 Å². The van der Waals surface area contributed by atoms with Gasteiger partial charge < -0.3 is 14.2 Å². The van der Waals surface area contributed by atoms with E-state index in [1.807, 2.05) is 18.2 Å². The number of hydrogen-bond acceptors (Lipinski definition) is 6. The average Bonchev–Trinajstić information content (AvgIpc) is 2.58. The van der Waals surface area contributed by atoms with E-state index in [-0.39, 0.29) is 0 Å². The summed E-state index contributed by atoms with van der Waals surface area (Å²) in [6.07, 6.45) is 1.59. The lowest BCUT2D eigenvalue weighted by atomic mass is 10.2. The standard InChI is InChI=1S/C9H12O3.C7H6O3/c1-10-7-5-4-6-8(11-2)9(7)12-3;1-3-5(8)7(10)6(9)4-2/h4-6H,1-3H3;3-4H,1-2H2. The summed E-state index contributed by atoms with van der Waals surface area (Å²) in [6.45, 7) is 6.08. The fourth-order valence-electron chi connectivity index (χ4n) is 1.33. The van der Waals surface area contributed by atoms with Crippen molar-refractivity contribution < 1.29 is 28.6 Å². The summed E-state index contributed by atoms with van der Waals surface area (Å²) in [5.74, 6) is -0.906. The van der Waals surface area contributed by atoms with Gasteiger partial charge in [0.2, 0.25) is 17.3 Å². The van der Waals surface area contributed by atoms with Gasteiger partial charge in [-0.1, -0.05) is 19.2 Å². The number of methoxy groups -OCH3 is 3. The Morgan fingerprint density at radius 1 is 0.864 bits per heavy atom. The molecule has 0 saturated heterocycles. The molecular weight excluding hydrogens is 288 g/mol. The lowest BCUT2D eigenvalue weighted by Crippen LogP contribution is -2.19. The number of benzene rings is 1. The van der Waals surface area contributed by atoms with Crippen molar-refractivity contribution in [2.24, 2.45) is 0 Å². The highest BCUT2D eigenvalue weighted by Crippen LogP contribution is 2.35. The van der Waals surface area contributed by atoms with E-state index in [0.717, 1.165) is 12.2 Å². The Hall–Kier alpha value is -2.89. The second-order valence-corrected chi connectivity index (χ2v) is 3.66. The Kier molecular flexibility index (Phi) is 8.62. The second-order valence-electron chi connectivity index (χ2n) is 3.66. The second kappa shape index (κ2) is 9.93. The zero-order chi connectivity index (χ0) is 17.1. The summed E-state index contributed by atoms with van der Waals surface area (Å²) in [7, 11) is 4.77. The van der Waals surface area contributed by atoms with Gasteiger partial charge in [-0.2, -0.15) is 0 Å². The molecule has 0 heterocycles. The number of ether oxygens (including phenoxy) is 3. The smallest absolute Gasteiger partial charge is 0.272 e. The van der Waals surface area contributed by atoms with E-state index in [1.54, 1.807) is 21.3 Å². The molecule has 0 aliphatic carbocycles. The van der Waals surface area contributed by atoms with Crippen molar-refractivity contribution in [3.8, 4) is 17.2 Å². The van der Waals surface area contributed by atoms with Crippen LogP contribution < -0.4 is 14.2 Å². The molecule has 0 spiro atoms.